The molecule has 1 aromatic heterocycles. The molecule has 2 aromatic rings. The number of rotatable bonds is 3. The predicted molar refractivity (Wildman–Crippen MR) is 97.1 cm³/mol. The Morgan fingerprint density at radius 2 is 1.96 bits per heavy atom. The van der Waals surface area contributed by atoms with E-state index in [9.17, 15) is 4.79 Å². The van der Waals surface area contributed by atoms with E-state index in [4.69, 9.17) is 5.73 Å². The molecule has 5 nitrogen and oxygen atoms in total. The Morgan fingerprint density at radius 3 is 2.50 bits per heavy atom. The van der Waals surface area contributed by atoms with Gasteiger partial charge in [0.05, 0.1) is 5.92 Å². The summed E-state index contributed by atoms with van der Waals surface area (Å²) in [5.74, 6) is 0.176. The smallest absolute Gasteiger partial charge is 0.239 e. The van der Waals surface area contributed by atoms with Gasteiger partial charge in [-0.2, -0.15) is 0 Å². The molecule has 0 spiro atoms. The minimum absolute atomic E-state index is 0.0579. The van der Waals surface area contributed by atoms with Gasteiger partial charge < -0.3 is 5.73 Å². The predicted octanol–water partition coefficient (Wildman–Crippen LogP) is 3.05. The zero-order chi connectivity index (χ0) is 17.5. The van der Waals surface area contributed by atoms with Crippen molar-refractivity contribution in [3.8, 4) is 0 Å². The van der Waals surface area contributed by atoms with E-state index in [2.05, 4.69) is 36.0 Å². The summed E-state index contributed by atoms with van der Waals surface area (Å²) in [5, 5.41) is 2.69. The lowest BCUT2D eigenvalue weighted by Crippen LogP contribution is -2.52. The lowest BCUT2D eigenvalue weighted by Gasteiger charge is -2.39. The number of hydrogen-bond donors (Lipinski definition) is 1. The van der Waals surface area contributed by atoms with Crippen LogP contribution in [-0.2, 0) is 10.3 Å². The molecule has 3 rings (SSSR count). The molecule has 0 bridgehead atoms. The second kappa shape index (κ2) is 6.02. The van der Waals surface area contributed by atoms with Gasteiger partial charge in [0.25, 0.3) is 0 Å². The number of nitrogens with two attached hydrogens (primary N) is 1. The first-order valence-corrected chi connectivity index (χ1v) is 8.85. The molecule has 24 heavy (non-hydrogen) atoms. The molecule has 1 aromatic carbocycles. The lowest BCUT2D eigenvalue weighted by molar-refractivity contribution is -0.130. The summed E-state index contributed by atoms with van der Waals surface area (Å²) in [6.07, 6.45) is 1.73. The van der Waals surface area contributed by atoms with Gasteiger partial charge in [0.1, 0.15) is 10.5 Å². The lowest BCUT2D eigenvalue weighted by atomic mass is 9.78. The molecule has 1 aliphatic heterocycles. The van der Waals surface area contributed by atoms with E-state index in [0.29, 0.717) is 5.92 Å². The average Bonchev–Trinajstić information content (AvgIpc) is 3.08. The molecule has 6 heteroatoms. The number of benzene rings is 1. The monoisotopic (exact) mass is 342 g/mol. The molecule has 2 N–H and O–H groups in total. The Bertz CT molecular complexity index is 767. The molecule has 1 aliphatic rings. The van der Waals surface area contributed by atoms with Crippen molar-refractivity contribution in [1.82, 2.24) is 9.88 Å². The van der Waals surface area contributed by atoms with Crippen LogP contribution >= 0.6 is 11.3 Å². The van der Waals surface area contributed by atoms with Crippen molar-refractivity contribution in [2.75, 3.05) is 7.05 Å². The fourth-order valence-electron chi connectivity index (χ4n) is 3.11. The fraction of sp³-hybridized carbons (Fsp3) is 0.389. The summed E-state index contributed by atoms with van der Waals surface area (Å²) in [5.41, 5.74) is 7.38. The van der Waals surface area contributed by atoms with Crippen molar-refractivity contribution < 1.29 is 4.79 Å². The highest BCUT2D eigenvalue weighted by Gasteiger charge is 2.48. The van der Waals surface area contributed by atoms with Gasteiger partial charge in [-0.3, -0.25) is 9.69 Å². The number of carbonyl (C=O) groups excluding carboxylic acids is 1. The molecule has 0 radical (unpaired) electrons. The third-order valence-corrected chi connectivity index (χ3v) is 5.63. The Hall–Kier alpha value is -2.21. The number of likely N-dealkylation sites (N-methyl/N-ethyl adjacent to an activating group) is 1. The van der Waals surface area contributed by atoms with Gasteiger partial charge in [0, 0.05) is 18.6 Å². The number of guanidine groups is 1. The summed E-state index contributed by atoms with van der Waals surface area (Å²) in [6, 6.07) is 8.21. The molecule has 0 saturated carbocycles. The third-order valence-electron chi connectivity index (χ3n) is 4.63. The number of aromatic nitrogens is 1. The molecule has 0 fully saturated rings. The van der Waals surface area contributed by atoms with E-state index in [1.165, 1.54) is 21.8 Å². The van der Waals surface area contributed by atoms with Gasteiger partial charge in [0.15, 0.2) is 5.96 Å². The Morgan fingerprint density at radius 1 is 1.29 bits per heavy atom. The quantitative estimate of drug-likeness (QED) is 0.932. The molecule has 1 amide bonds. The summed E-state index contributed by atoms with van der Waals surface area (Å²) in [7, 11) is 1.66. The zero-order valence-electron chi connectivity index (χ0n) is 14.4. The summed E-state index contributed by atoms with van der Waals surface area (Å²) < 4.78 is 0. The summed E-state index contributed by atoms with van der Waals surface area (Å²) in [6.45, 7) is 6.24. The van der Waals surface area contributed by atoms with E-state index in [1.807, 2.05) is 24.4 Å². The number of nitrogens with zero attached hydrogens (tertiary/aromatic N) is 3. The first-order valence-electron chi connectivity index (χ1n) is 7.97. The van der Waals surface area contributed by atoms with Crippen LogP contribution in [-0.4, -0.2) is 28.8 Å². The van der Waals surface area contributed by atoms with Crippen LogP contribution in [0.2, 0.25) is 0 Å². The molecular weight excluding hydrogens is 320 g/mol. The minimum Gasteiger partial charge on any atom is -0.369 e. The first kappa shape index (κ1) is 16.6. The maximum atomic E-state index is 13.0. The molecule has 2 heterocycles. The maximum absolute atomic E-state index is 13.0. The van der Waals surface area contributed by atoms with Gasteiger partial charge >= 0.3 is 0 Å². The van der Waals surface area contributed by atoms with Gasteiger partial charge in [-0.15, -0.1) is 11.3 Å². The number of thiazole rings is 1. The topological polar surface area (TPSA) is 71.6 Å². The Balaban J connectivity index is 2.13. The standard InChI is InChI=1S/C18H22N4OS/c1-11(2)12-5-7-13(8-6-12)14-15(23)22(4)17(19)21-18(14,3)16-20-9-10-24-16/h5-11,14H,1-4H3,(H2,19,21)/t14-,18+/m1/s1. The average molecular weight is 342 g/mol. The molecule has 126 valence electrons. The van der Waals surface area contributed by atoms with Crippen LogP contribution in [0.15, 0.2) is 40.8 Å². The second-order valence-corrected chi connectivity index (χ2v) is 7.50. The maximum Gasteiger partial charge on any atom is 0.239 e. The molecule has 2 atom stereocenters. The van der Waals surface area contributed by atoms with Crippen LogP contribution in [0.1, 0.15) is 48.7 Å². The number of carbonyl (C=O) groups is 1. The highest BCUT2D eigenvalue weighted by atomic mass is 32.1. The van der Waals surface area contributed by atoms with Crippen molar-refractivity contribution in [2.24, 2.45) is 10.7 Å². The number of hydrogen-bond acceptors (Lipinski definition) is 5. The van der Waals surface area contributed by atoms with Gasteiger partial charge in [-0.25, -0.2) is 9.98 Å². The number of aliphatic imine (C=N–C) groups is 1. The fourth-order valence-corrected chi connectivity index (χ4v) is 3.88. The van der Waals surface area contributed by atoms with Crippen LogP contribution in [0.5, 0.6) is 0 Å². The van der Waals surface area contributed by atoms with E-state index in [0.717, 1.165) is 10.6 Å². The van der Waals surface area contributed by atoms with Crippen molar-refractivity contribution in [3.05, 3.63) is 52.0 Å². The van der Waals surface area contributed by atoms with E-state index >= 15 is 0 Å². The van der Waals surface area contributed by atoms with Crippen molar-refractivity contribution in [3.63, 3.8) is 0 Å². The first-order chi connectivity index (χ1) is 11.3. The van der Waals surface area contributed by atoms with Gasteiger partial charge in [-0.1, -0.05) is 38.1 Å². The molecule has 0 unspecified atom stereocenters. The van der Waals surface area contributed by atoms with E-state index < -0.39 is 11.5 Å². The normalized spacial score (nSPS) is 24.4. The van der Waals surface area contributed by atoms with Crippen molar-refractivity contribution in [1.29, 1.82) is 0 Å². The van der Waals surface area contributed by atoms with Gasteiger partial charge in [0.2, 0.25) is 5.91 Å². The van der Waals surface area contributed by atoms with E-state index in [1.54, 1.807) is 13.2 Å². The number of amides is 1. The van der Waals surface area contributed by atoms with Crippen LogP contribution in [0, 0.1) is 0 Å². The van der Waals surface area contributed by atoms with Crippen LogP contribution in [0.3, 0.4) is 0 Å². The Labute approximate surface area is 146 Å². The second-order valence-electron chi connectivity index (χ2n) is 6.61. The van der Waals surface area contributed by atoms with E-state index in [-0.39, 0.29) is 11.9 Å². The Kier molecular flexibility index (Phi) is 4.17. The third kappa shape index (κ3) is 2.60. The SMILES string of the molecule is CC(C)c1ccc([C@@H]2C(=O)N(C)C(N)=N[C@]2(C)c2nccs2)cc1. The highest BCUT2D eigenvalue weighted by Crippen LogP contribution is 2.44. The van der Waals surface area contributed by atoms with Gasteiger partial charge in [-0.05, 0) is 24.0 Å². The van der Waals surface area contributed by atoms with Crippen LogP contribution in [0.25, 0.3) is 0 Å². The summed E-state index contributed by atoms with van der Waals surface area (Å²) >= 11 is 1.50. The van der Waals surface area contributed by atoms with Crippen LogP contribution < -0.4 is 5.73 Å². The highest BCUT2D eigenvalue weighted by molar-refractivity contribution is 7.09. The van der Waals surface area contributed by atoms with Crippen molar-refractivity contribution in [2.45, 2.75) is 38.1 Å². The van der Waals surface area contributed by atoms with Crippen LogP contribution in [0.4, 0.5) is 0 Å². The molecule has 0 aliphatic carbocycles. The zero-order valence-corrected chi connectivity index (χ0v) is 15.2. The summed E-state index contributed by atoms with van der Waals surface area (Å²) in [4.78, 5) is 23.5. The molecule has 0 saturated heterocycles. The molecular formula is C18H22N4OS. The largest absolute Gasteiger partial charge is 0.369 e. The van der Waals surface area contributed by atoms with Crippen molar-refractivity contribution >= 4 is 23.2 Å². The minimum atomic E-state index is -0.790.